The molecule has 7 rings (SSSR count). The fourth-order valence-corrected chi connectivity index (χ4v) is 5.22. The van der Waals surface area contributed by atoms with Crippen LogP contribution in [-0.4, -0.2) is 0 Å². The van der Waals surface area contributed by atoms with Crippen molar-refractivity contribution in [3.63, 3.8) is 0 Å². The Morgan fingerprint density at radius 2 is 1.11 bits per heavy atom. The van der Waals surface area contributed by atoms with Crippen LogP contribution >= 0.6 is 0 Å². The second-order valence-corrected chi connectivity index (χ2v) is 9.49. The van der Waals surface area contributed by atoms with Gasteiger partial charge in [0.25, 0.3) is 0 Å². The molecule has 0 radical (unpaired) electrons. The number of hydrogen-bond acceptors (Lipinski definition) is 3. The molecule has 2 heterocycles. The molecular formula is C35H26N2O. The quantitative estimate of drug-likeness (QED) is 0.261. The Hall–Kier alpha value is -5.02. The van der Waals surface area contributed by atoms with Gasteiger partial charge >= 0.3 is 0 Å². The molecule has 1 aromatic heterocycles. The number of furan rings is 1. The van der Waals surface area contributed by atoms with Crippen LogP contribution in [0.3, 0.4) is 0 Å². The lowest BCUT2D eigenvalue weighted by atomic mass is 10.00. The van der Waals surface area contributed by atoms with Gasteiger partial charge in [-0.2, -0.15) is 0 Å². The third-order valence-electron chi connectivity index (χ3n) is 7.14. The first-order valence-electron chi connectivity index (χ1n) is 12.9. The van der Waals surface area contributed by atoms with Crippen LogP contribution in [0.5, 0.6) is 0 Å². The zero-order valence-electron chi connectivity index (χ0n) is 20.8. The second kappa shape index (κ2) is 9.45. The van der Waals surface area contributed by atoms with E-state index in [1.807, 2.05) is 12.3 Å². The molecule has 0 unspecified atom stereocenters. The van der Waals surface area contributed by atoms with Crippen molar-refractivity contribution in [2.45, 2.75) is 6.54 Å². The topological polar surface area (TPSA) is 28.4 Å². The highest BCUT2D eigenvalue weighted by molar-refractivity contribution is 5.93. The van der Waals surface area contributed by atoms with Crippen molar-refractivity contribution in [2.75, 3.05) is 4.90 Å². The summed E-state index contributed by atoms with van der Waals surface area (Å²) in [4.78, 5) is 2.30. The van der Waals surface area contributed by atoms with E-state index < -0.39 is 0 Å². The molecule has 3 nitrogen and oxygen atoms in total. The maximum atomic E-state index is 6.11. The molecule has 0 saturated carbocycles. The van der Waals surface area contributed by atoms with Gasteiger partial charge in [-0.25, -0.2) is 0 Å². The lowest BCUT2D eigenvalue weighted by Gasteiger charge is -2.25. The Labute approximate surface area is 222 Å². The molecule has 0 bridgehead atoms. The molecule has 0 saturated heterocycles. The summed E-state index contributed by atoms with van der Waals surface area (Å²) < 4.78 is 6.11. The highest BCUT2D eigenvalue weighted by Crippen LogP contribution is 2.39. The van der Waals surface area contributed by atoms with Gasteiger partial charge in [0.05, 0.1) is 6.54 Å². The minimum Gasteiger partial charge on any atom is -0.459 e. The van der Waals surface area contributed by atoms with E-state index in [0.717, 1.165) is 39.4 Å². The molecule has 182 valence electrons. The van der Waals surface area contributed by atoms with Crippen LogP contribution in [0.1, 0.15) is 11.3 Å². The van der Waals surface area contributed by atoms with Crippen LogP contribution in [-0.2, 0) is 6.54 Å². The fourth-order valence-electron chi connectivity index (χ4n) is 5.22. The molecule has 0 amide bonds. The third-order valence-corrected chi connectivity index (χ3v) is 7.14. The number of nitrogens with one attached hydrogen (secondary N) is 1. The SMILES string of the molecule is C1=Cc2c(oc3ccc(N(c4ccccc4)c4ccc(-c5ccc(-c6ccccc6)cc5)cc4)cc23)CN1. The Balaban J connectivity index is 1.25. The number of hydrogen-bond donors (Lipinski definition) is 1. The normalized spacial score (nSPS) is 12.2. The van der Waals surface area contributed by atoms with Crippen molar-refractivity contribution in [1.82, 2.24) is 5.32 Å². The summed E-state index contributed by atoms with van der Waals surface area (Å²) in [5.41, 5.74) is 10.2. The zero-order valence-corrected chi connectivity index (χ0v) is 20.8. The maximum Gasteiger partial charge on any atom is 0.135 e. The van der Waals surface area contributed by atoms with Crippen molar-refractivity contribution in [3.05, 3.63) is 145 Å². The number of para-hydroxylation sites is 1. The predicted octanol–water partition coefficient (Wildman–Crippen LogP) is 9.31. The van der Waals surface area contributed by atoms with Crippen LogP contribution in [0.25, 0.3) is 39.3 Å². The van der Waals surface area contributed by atoms with Gasteiger partial charge in [0, 0.05) is 28.0 Å². The summed E-state index contributed by atoms with van der Waals surface area (Å²) in [5, 5.41) is 4.37. The van der Waals surface area contributed by atoms with Gasteiger partial charge < -0.3 is 14.6 Å². The van der Waals surface area contributed by atoms with Crippen molar-refractivity contribution in [2.24, 2.45) is 0 Å². The Morgan fingerprint density at radius 1 is 0.553 bits per heavy atom. The highest BCUT2D eigenvalue weighted by Gasteiger charge is 2.18. The Kier molecular flexibility index (Phi) is 5.52. The molecule has 1 aliphatic rings. The van der Waals surface area contributed by atoms with Crippen molar-refractivity contribution in [1.29, 1.82) is 0 Å². The van der Waals surface area contributed by atoms with Gasteiger partial charge in [-0.05, 0) is 77.0 Å². The predicted molar refractivity (Wildman–Crippen MR) is 158 cm³/mol. The molecule has 0 spiro atoms. The number of fused-ring (bicyclic) bond motifs is 3. The minimum atomic E-state index is 0.714. The molecule has 3 heteroatoms. The lowest BCUT2D eigenvalue weighted by Crippen LogP contribution is -2.10. The molecule has 5 aromatic carbocycles. The van der Waals surface area contributed by atoms with E-state index in [2.05, 4.69) is 138 Å². The Morgan fingerprint density at radius 3 is 1.79 bits per heavy atom. The van der Waals surface area contributed by atoms with E-state index in [1.165, 1.54) is 22.3 Å². The summed E-state index contributed by atoms with van der Waals surface area (Å²) in [6, 6.07) is 45.0. The highest BCUT2D eigenvalue weighted by atomic mass is 16.3. The standard InChI is InChI=1S/C35H26N2O/c1-3-7-25(8-4-1)26-11-13-27(14-12-26)28-15-17-30(18-16-28)37(29-9-5-2-6-10-29)31-19-20-34-33(23-31)32-21-22-36-24-35(32)38-34/h1-23,36H,24H2. The van der Waals surface area contributed by atoms with E-state index in [1.54, 1.807) is 0 Å². The van der Waals surface area contributed by atoms with Gasteiger partial charge in [-0.3, -0.25) is 0 Å². The Bertz CT molecular complexity index is 1730. The van der Waals surface area contributed by atoms with E-state index in [4.69, 9.17) is 4.42 Å². The monoisotopic (exact) mass is 490 g/mol. The van der Waals surface area contributed by atoms with Gasteiger partial charge in [0.2, 0.25) is 0 Å². The van der Waals surface area contributed by atoms with Crippen LogP contribution in [0.15, 0.2) is 138 Å². The fraction of sp³-hybridized carbons (Fsp3) is 0.0286. The first-order valence-corrected chi connectivity index (χ1v) is 12.9. The summed E-state index contributed by atoms with van der Waals surface area (Å²) in [5.74, 6) is 0.980. The van der Waals surface area contributed by atoms with E-state index in [9.17, 15) is 0 Å². The smallest absolute Gasteiger partial charge is 0.135 e. The van der Waals surface area contributed by atoms with Crippen molar-refractivity contribution < 1.29 is 4.42 Å². The molecular weight excluding hydrogens is 464 g/mol. The average molecular weight is 491 g/mol. The largest absolute Gasteiger partial charge is 0.459 e. The lowest BCUT2D eigenvalue weighted by molar-refractivity contribution is 0.532. The summed E-state index contributed by atoms with van der Waals surface area (Å²) in [6.45, 7) is 0.714. The van der Waals surface area contributed by atoms with Crippen molar-refractivity contribution in [3.8, 4) is 22.3 Å². The number of rotatable bonds is 5. The molecule has 6 aromatic rings. The summed E-state index contributed by atoms with van der Waals surface area (Å²) in [6.07, 6.45) is 4.09. The zero-order chi connectivity index (χ0) is 25.3. The molecule has 1 aliphatic heterocycles. The van der Waals surface area contributed by atoms with Gasteiger partial charge in [0.1, 0.15) is 11.3 Å². The van der Waals surface area contributed by atoms with E-state index >= 15 is 0 Å². The van der Waals surface area contributed by atoms with E-state index in [0.29, 0.717) is 6.54 Å². The number of nitrogens with zero attached hydrogens (tertiary/aromatic N) is 1. The van der Waals surface area contributed by atoms with Gasteiger partial charge in [-0.1, -0.05) is 84.9 Å². The minimum absolute atomic E-state index is 0.714. The van der Waals surface area contributed by atoms with Crippen LogP contribution < -0.4 is 10.2 Å². The molecule has 1 N–H and O–H groups in total. The average Bonchev–Trinajstić information content (AvgIpc) is 3.37. The third kappa shape index (κ3) is 4.04. The van der Waals surface area contributed by atoms with Crippen LogP contribution in [0.4, 0.5) is 17.1 Å². The molecule has 0 fully saturated rings. The van der Waals surface area contributed by atoms with E-state index in [-0.39, 0.29) is 0 Å². The summed E-state index contributed by atoms with van der Waals surface area (Å²) >= 11 is 0. The molecule has 38 heavy (non-hydrogen) atoms. The first-order chi connectivity index (χ1) is 18.8. The van der Waals surface area contributed by atoms with Crippen LogP contribution in [0.2, 0.25) is 0 Å². The van der Waals surface area contributed by atoms with Gasteiger partial charge in [-0.15, -0.1) is 0 Å². The number of benzene rings is 5. The first kappa shape index (κ1) is 22.2. The van der Waals surface area contributed by atoms with Crippen molar-refractivity contribution >= 4 is 34.1 Å². The maximum absolute atomic E-state index is 6.11. The van der Waals surface area contributed by atoms with Gasteiger partial charge in [0.15, 0.2) is 0 Å². The number of anilines is 3. The van der Waals surface area contributed by atoms with Crippen LogP contribution in [0, 0.1) is 0 Å². The molecule has 0 atom stereocenters. The summed E-state index contributed by atoms with van der Waals surface area (Å²) in [7, 11) is 0. The second-order valence-electron chi connectivity index (χ2n) is 9.49. The molecule has 0 aliphatic carbocycles.